The highest BCUT2D eigenvalue weighted by atomic mass is 16.5. The molecule has 0 aliphatic carbocycles. The van der Waals surface area contributed by atoms with Crippen molar-refractivity contribution >= 4 is 5.91 Å². The van der Waals surface area contributed by atoms with Crippen molar-refractivity contribution < 1.29 is 9.53 Å². The van der Waals surface area contributed by atoms with Gasteiger partial charge < -0.3 is 15.0 Å². The molecule has 1 atom stereocenters. The number of hydrogen-bond donors (Lipinski definition) is 1. The van der Waals surface area contributed by atoms with Gasteiger partial charge >= 0.3 is 0 Å². The van der Waals surface area contributed by atoms with E-state index in [1.807, 2.05) is 68.7 Å². The first-order valence-corrected chi connectivity index (χ1v) is 8.65. The zero-order valence-corrected chi connectivity index (χ0v) is 15.7. The largest absolute Gasteiger partial charge is 0.497 e. The van der Waals surface area contributed by atoms with E-state index in [1.54, 1.807) is 7.11 Å². The highest BCUT2D eigenvalue weighted by molar-refractivity contribution is 5.91. The Morgan fingerprint density at radius 1 is 1.19 bits per heavy atom. The molecule has 27 heavy (non-hydrogen) atoms. The van der Waals surface area contributed by atoms with Crippen LogP contribution >= 0.6 is 0 Å². The molecular weight excluding hydrogens is 342 g/mol. The second-order valence-corrected chi connectivity index (χ2v) is 6.32. The molecule has 0 fully saturated rings. The summed E-state index contributed by atoms with van der Waals surface area (Å²) in [4.78, 5) is 16.0. The molecule has 1 amide bonds. The van der Waals surface area contributed by atoms with Crippen LogP contribution in [0.3, 0.4) is 0 Å². The van der Waals surface area contributed by atoms with Crippen LogP contribution < -0.4 is 10.1 Å². The van der Waals surface area contributed by atoms with Gasteiger partial charge in [0.1, 0.15) is 5.75 Å². The number of ether oxygens (including phenoxy) is 1. The van der Waals surface area contributed by atoms with Crippen LogP contribution in [-0.2, 0) is 0 Å². The molecule has 0 radical (unpaired) electrons. The summed E-state index contributed by atoms with van der Waals surface area (Å²) in [6.07, 6.45) is 1.47. The zero-order valence-electron chi connectivity index (χ0n) is 15.7. The van der Waals surface area contributed by atoms with E-state index >= 15 is 0 Å². The Balaban J connectivity index is 1.69. The quantitative estimate of drug-likeness (QED) is 0.696. The Kier molecular flexibility index (Phi) is 5.83. The number of carbonyl (C=O) groups is 1. The summed E-state index contributed by atoms with van der Waals surface area (Å²) >= 11 is 0. The van der Waals surface area contributed by atoms with Gasteiger partial charge in [-0.25, -0.2) is 0 Å². The number of benzene rings is 2. The molecule has 0 spiro atoms. The number of likely N-dealkylation sites (N-methyl/N-ethyl adjacent to an activating group) is 1. The summed E-state index contributed by atoms with van der Waals surface area (Å²) in [7, 11) is 5.59. The van der Waals surface area contributed by atoms with Crippen LogP contribution in [0, 0.1) is 0 Å². The van der Waals surface area contributed by atoms with Crippen LogP contribution in [-0.4, -0.2) is 53.6 Å². The van der Waals surface area contributed by atoms with Crippen LogP contribution in [0.1, 0.15) is 22.1 Å². The minimum atomic E-state index is -0.257. The number of para-hydroxylation sites is 1. The van der Waals surface area contributed by atoms with Gasteiger partial charge in [0.15, 0.2) is 5.69 Å². The smallest absolute Gasteiger partial charge is 0.273 e. The third-order valence-electron chi connectivity index (χ3n) is 4.27. The summed E-state index contributed by atoms with van der Waals surface area (Å²) in [6, 6.07) is 17.3. The molecule has 0 saturated carbocycles. The maximum atomic E-state index is 12.5. The van der Waals surface area contributed by atoms with Crippen molar-refractivity contribution in [2.75, 3.05) is 27.7 Å². The number of methoxy groups -OCH3 is 1. The maximum Gasteiger partial charge on any atom is 0.273 e. The molecule has 0 bridgehead atoms. The van der Waals surface area contributed by atoms with Gasteiger partial charge in [-0.05, 0) is 43.9 Å². The number of nitrogens with zero attached hydrogens (tertiary/aromatic N) is 4. The van der Waals surface area contributed by atoms with Crippen LogP contribution in [0.25, 0.3) is 5.69 Å². The Bertz CT molecular complexity index is 892. The molecular formula is C20H23N5O2. The maximum absolute atomic E-state index is 12.5. The predicted molar refractivity (Wildman–Crippen MR) is 103 cm³/mol. The van der Waals surface area contributed by atoms with E-state index in [0.717, 1.165) is 17.0 Å². The molecule has 1 unspecified atom stereocenters. The van der Waals surface area contributed by atoms with Crippen LogP contribution in [0.5, 0.6) is 5.75 Å². The van der Waals surface area contributed by atoms with E-state index < -0.39 is 0 Å². The molecule has 0 saturated heterocycles. The van der Waals surface area contributed by atoms with Gasteiger partial charge in [0, 0.05) is 6.54 Å². The Morgan fingerprint density at radius 3 is 2.67 bits per heavy atom. The van der Waals surface area contributed by atoms with Crippen molar-refractivity contribution in [3.05, 3.63) is 72.1 Å². The molecule has 1 N–H and O–H groups in total. The Hall–Kier alpha value is -3.19. The number of amides is 1. The number of carbonyl (C=O) groups excluding carboxylic acids is 1. The fourth-order valence-corrected chi connectivity index (χ4v) is 2.78. The molecule has 7 heteroatoms. The van der Waals surface area contributed by atoms with Crippen molar-refractivity contribution in [3.63, 3.8) is 0 Å². The molecule has 0 aliphatic rings. The first-order chi connectivity index (χ1) is 13.1. The molecule has 7 nitrogen and oxygen atoms in total. The Morgan fingerprint density at radius 2 is 1.96 bits per heavy atom. The monoisotopic (exact) mass is 365 g/mol. The zero-order chi connectivity index (χ0) is 19.2. The van der Waals surface area contributed by atoms with Gasteiger partial charge in [-0.1, -0.05) is 30.3 Å². The van der Waals surface area contributed by atoms with Gasteiger partial charge in [-0.2, -0.15) is 9.90 Å². The van der Waals surface area contributed by atoms with E-state index in [4.69, 9.17) is 4.74 Å². The van der Waals surface area contributed by atoms with Crippen molar-refractivity contribution in [3.8, 4) is 11.4 Å². The molecule has 1 heterocycles. The lowest BCUT2D eigenvalue weighted by atomic mass is 10.1. The third kappa shape index (κ3) is 4.51. The van der Waals surface area contributed by atoms with E-state index in [-0.39, 0.29) is 17.6 Å². The molecule has 1 aromatic heterocycles. The average molecular weight is 365 g/mol. The molecule has 140 valence electrons. The van der Waals surface area contributed by atoms with E-state index in [1.165, 1.54) is 11.0 Å². The van der Waals surface area contributed by atoms with Crippen LogP contribution in [0.4, 0.5) is 0 Å². The normalized spacial score (nSPS) is 12.0. The second kappa shape index (κ2) is 8.46. The van der Waals surface area contributed by atoms with Gasteiger partial charge in [-0.3, -0.25) is 4.79 Å². The number of hydrogen-bond acceptors (Lipinski definition) is 5. The van der Waals surface area contributed by atoms with Crippen molar-refractivity contribution in [2.24, 2.45) is 0 Å². The Labute approximate surface area is 158 Å². The highest BCUT2D eigenvalue weighted by Gasteiger charge is 2.18. The summed E-state index contributed by atoms with van der Waals surface area (Å²) in [5.74, 6) is 0.531. The van der Waals surface area contributed by atoms with E-state index in [9.17, 15) is 4.79 Å². The second-order valence-electron chi connectivity index (χ2n) is 6.32. The lowest BCUT2D eigenvalue weighted by molar-refractivity contribution is 0.0936. The third-order valence-corrected chi connectivity index (χ3v) is 4.27. The predicted octanol–water partition coefficient (Wildman–Crippen LogP) is 2.31. The van der Waals surface area contributed by atoms with Gasteiger partial charge in [0.25, 0.3) is 5.91 Å². The van der Waals surface area contributed by atoms with Crippen molar-refractivity contribution in [1.82, 2.24) is 25.2 Å². The summed E-state index contributed by atoms with van der Waals surface area (Å²) in [5, 5.41) is 11.4. The fraction of sp³-hybridized carbons (Fsp3) is 0.250. The van der Waals surface area contributed by atoms with Crippen LogP contribution in [0.15, 0.2) is 60.8 Å². The molecule has 2 aromatic carbocycles. The molecule has 3 aromatic rings. The van der Waals surface area contributed by atoms with Gasteiger partial charge in [0.2, 0.25) is 0 Å². The minimum Gasteiger partial charge on any atom is -0.497 e. The SMILES string of the molecule is COc1cccc(C(CNC(=O)c2cnn(-c3ccccc3)n2)N(C)C)c1. The number of rotatable bonds is 7. The first kappa shape index (κ1) is 18.6. The van der Waals surface area contributed by atoms with Crippen molar-refractivity contribution in [2.45, 2.75) is 6.04 Å². The highest BCUT2D eigenvalue weighted by Crippen LogP contribution is 2.22. The molecule has 3 rings (SSSR count). The molecule has 0 aliphatic heterocycles. The summed E-state index contributed by atoms with van der Waals surface area (Å²) in [5.41, 5.74) is 2.15. The number of nitrogens with one attached hydrogen (secondary N) is 1. The average Bonchev–Trinajstić information content (AvgIpc) is 3.19. The number of aromatic nitrogens is 3. The topological polar surface area (TPSA) is 72.3 Å². The van der Waals surface area contributed by atoms with Crippen molar-refractivity contribution in [1.29, 1.82) is 0 Å². The first-order valence-electron chi connectivity index (χ1n) is 8.65. The summed E-state index contributed by atoms with van der Waals surface area (Å²) in [6.45, 7) is 0.442. The standard InChI is InChI=1S/C20H23N5O2/c1-24(2)19(15-8-7-11-17(12-15)27-3)14-21-20(26)18-13-22-25(23-18)16-9-5-4-6-10-16/h4-13,19H,14H2,1-3H3,(H,21,26). The van der Waals surface area contributed by atoms with Gasteiger partial charge in [-0.15, -0.1) is 5.10 Å². The van der Waals surface area contributed by atoms with E-state index in [2.05, 4.69) is 20.4 Å². The lowest BCUT2D eigenvalue weighted by Gasteiger charge is -2.25. The van der Waals surface area contributed by atoms with Gasteiger partial charge in [0.05, 0.1) is 25.0 Å². The summed E-state index contributed by atoms with van der Waals surface area (Å²) < 4.78 is 5.30. The minimum absolute atomic E-state index is 0.00761. The fourth-order valence-electron chi connectivity index (χ4n) is 2.78. The van der Waals surface area contributed by atoms with E-state index in [0.29, 0.717) is 6.54 Å². The van der Waals surface area contributed by atoms with Crippen LogP contribution in [0.2, 0.25) is 0 Å². The lowest BCUT2D eigenvalue weighted by Crippen LogP contribution is -2.34.